The Bertz CT molecular complexity index is 3770. The zero-order valence-corrected chi connectivity index (χ0v) is 36.0. The lowest BCUT2D eigenvalue weighted by Gasteiger charge is -2.42. The van der Waals surface area contributed by atoms with Crippen LogP contribution in [0.2, 0.25) is 0 Å². The molecule has 2 aliphatic heterocycles. The molecule has 0 unspecified atom stereocenters. The van der Waals surface area contributed by atoms with E-state index in [-0.39, 0.29) is 17.7 Å². The maximum absolute atomic E-state index is 6.70. The van der Waals surface area contributed by atoms with Crippen molar-refractivity contribution < 1.29 is 4.42 Å². The first-order valence-electron chi connectivity index (χ1n) is 21.7. The van der Waals surface area contributed by atoms with Crippen molar-refractivity contribution in [1.82, 2.24) is 9.55 Å². The highest BCUT2D eigenvalue weighted by Crippen LogP contribution is 2.53. The molecule has 14 rings (SSSR count). The van der Waals surface area contributed by atoms with Gasteiger partial charge >= 0.3 is 6.85 Å². The highest BCUT2D eigenvalue weighted by molar-refractivity contribution is 7.25. The van der Waals surface area contributed by atoms with Gasteiger partial charge in [-0.1, -0.05) is 120 Å². The highest BCUT2D eigenvalue weighted by Gasteiger charge is 2.45. The number of oxazole rings is 1. The standard InChI is InChI=1S/C56H40BN3OS/c1-55(2,3)32-19-21-33(22-20-32)60-47-27-41-35-16-10-12-18-50(35)62-51(41)28-40(47)36-23-24-37-39-25-43-38(34-15-9-11-17-42(34)56(43,4)5)26-46(39)59-48-30-49-45(29-44(48)57(60)52(36)53(37)59)58-54(61-49)31-13-7-6-8-14-31/h6-30H,1-5H3. The number of hydrogen-bond donors (Lipinski definition) is 0. The molecule has 0 N–H and O–H groups in total. The molecular weight excluding hydrogens is 774 g/mol. The Labute approximate surface area is 363 Å². The van der Waals surface area contributed by atoms with E-state index in [9.17, 15) is 0 Å². The molecule has 294 valence electrons. The Morgan fingerprint density at radius 2 is 1.40 bits per heavy atom. The predicted molar refractivity (Wildman–Crippen MR) is 262 cm³/mol. The summed E-state index contributed by atoms with van der Waals surface area (Å²) in [4.78, 5) is 7.84. The minimum atomic E-state index is -0.138. The van der Waals surface area contributed by atoms with E-state index in [1.54, 1.807) is 0 Å². The molecule has 0 saturated carbocycles. The average Bonchev–Trinajstić information content (AvgIpc) is 4.02. The van der Waals surface area contributed by atoms with Gasteiger partial charge in [-0.25, -0.2) is 4.98 Å². The molecule has 6 heteroatoms. The van der Waals surface area contributed by atoms with Gasteiger partial charge in [-0.2, -0.15) is 0 Å². The molecule has 0 atom stereocenters. The number of anilines is 2. The monoisotopic (exact) mass is 813 g/mol. The molecule has 0 spiro atoms. The summed E-state index contributed by atoms with van der Waals surface area (Å²) < 4.78 is 11.9. The number of nitrogens with zero attached hydrogens (tertiary/aromatic N) is 3. The Morgan fingerprint density at radius 1 is 0.613 bits per heavy atom. The van der Waals surface area contributed by atoms with Crippen molar-refractivity contribution in [2.45, 2.75) is 45.4 Å². The van der Waals surface area contributed by atoms with Crippen molar-refractivity contribution in [1.29, 1.82) is 0 Å². The number of benzene rings is 8. The van der Waals surface area contributed by atoms with Gasteiger partial charge in [0.15, 0.2) is 5.58 Å². The maximum atomic E-state index is 6.70. The largest absolute Gasteiger partial charge is 0.436 e. The first kappa shape index (κ1) is 34.8. The van der Waals surface area contributed by atoms with Crippen LogP contribution in [0.25, 0.3) is 92.5 Å². The fourth-order valence-corrected chi connectivity index (χ4v) is 12.5. The van der Waals surface area contributed by atoms with Crippen molar-refractivity contribution in [3.8, 4) is 39.4 Å². The van der Waals surface area contributed by atoms with Gasteiger partial charge in [-0.15, -0.1) is 11.3 Å². The van der Waals surface area contributed by atoms with E-state index in [4.69, 9.17) is 9.40 Å². The Hall–Kier alpha value is -6.89. The summed E-state index contributed by atoms with van der Waals surface area (Å²) >= 11 is 1.89. The molecule has 0 amide bonds. The number of thiophene rings is 1. The van der Waals surface area contributed by atoms with E-state index in [0.717, 1.165) is 22.4 Å². The molecule has 4 nitrogen and oxygen atoms in total. The number of rotatable bonds is 2. The van der Waals surface area contributed by atoms with Gasteiger partial charge in [0.1, 0.15) is 5.52 Å². The SMILES string of the molecule is CC(C)(C)c1ccc(N2B3c4cc5nc(-c6ccccc6)oc5cc4-n4c5cc6c(cc5c5ccc(c3c54)-c3cc4sc5ccccc5c4cc32)C(C)(C)c2ccccc2-6)cc1. The molecule has 0 fully saturated rings. The van der Waals surface area contributed by atoms with Crippen LogP contribution < -0.4 is 15.7 Å². The van der Waals surface area contributed by atoms with Crippen LogP contribution in [-0.4, -0.2) is 16.4 Å². The van der Waals surface area contributed by atoms with Crippen LogP contribution in [0.4, 0.5) is 11.4 Å². The molecule has 62 heavy (non-hydrogen) atoms. The van der Waals surface area contributed by atoms with Crippen molar-refractivity contribution >= 4 is 93.6 Å². The molecule has 8 aromatic carbocycles. The van der Waals surface area contributed by atoms with Gasteiger partial charge in [-0.3, -0.25) is 0 Å². The van der Waals surface area contributed by atoms with E-state index in [1.165, 1.54) is 103 Å². The first-order valence-corrected chi connectivity index (χ1v) is 22.5. The van der Waals surface area contributed by atoms with E-state index < -0.39 is 0 Å². The summed E-state index contributed by atoms with van der Waals surface area (Å²) in [6.45, 7) is 11.5. The van der Waals surface area contributed by atoms with Crippen molar-refractivity contribution in [3.63, 3.8) is 0 Å². The second-order valence-electron chi connectivity index (χ2n) is 19.1. The van der Waals surface area contributed by atoms with Gasteiger partial charge in [0.2, 0.25) is 5.89 Å². The fourth-order valence-electron chi connectivity index (χ4n) is 11.3. The summed E-state index contributed by atoms with van der Waals surface area (Å²) in [5.41, 5.74) is 20.4. The maximum Gasteiger partial charge on any atom is 0.333 e. The lowest BCUT2D eigenvalue weighted by molar-refractivity contribution is 0.590. The zero-order valence-electron chi connectivity index (χ0n) is 35.2. The zero-order chi connectivity index (χ0) is 41.4. The summed E-state index contributed by atoms with van der Waals surface area (Å²) in [7, 11) is 0. The third-order valence-corrected chi connectivity index (χ3v) is 15.5. The van der Waals surface area contributed by atoms with Crippen LogP contribution in [0.1, 0.15) is 51.3 Å². The Morgan fingerprint density at radius 3 is 2.24 bits per heavy atom. The number of aromatic nitrogens is 2. The fraction of sp³-hybridized carbons (Fsp3) is 0.125. The first-order chi connectivity index (χ1) is 30.1. The molecule has 3 aromatic heterocycles. The lowest BCUT2D eigenvalue weighted by atomic mass is 9.44. The molecule has 1 aliphatic carbocycles. The number of fused-ring (bicyclic) bond motifs is 15. The van der Waals surface area contributed by atoms with E-state index in [1.807, 2.05) is 29.5 Å². The average molecular weight is 814 g/mol. The number of hydrogen-bond acceptors (Lipinski definition) is 4. The summed E-state index contributed by atoms with van der Waals surface area (Å²) in [6.07, 6.45) is 0. The smallest absolute Gasteiger partial charge is 0.333 e. The normalized spacial score (nSPS) is 14.6. The van der Waals surface area contributed by atoms with Gasteiger partial charge in [0.25, 0.3) is 0 Å². The molecule has 5 heterocycles. The third kappa shape index (κ3) is 4.45. The van der Waals surface area contributed by atoms with Crippen LogP contribution in [0, 0.1) is 0 Å². The van der Waals surface area contributed by atoms with Gasteiger partial charge < -0.3 is 13.8 Å². The van der Waals surface area contributed by atoms with Gasteiger partial charge in [0, 0.05) is 70.6 Å². The topological polar surface area (TPSA) is 34.2 Å². The summed E-state index contributed by atoms with van der Waals surface area (Å²) in [5.74, 6) is 0.635. The van der Waals surface area contributed by atoms with Gasteiger partial charge in [-0.05, 0) is 110 Å². The van der Waals surface area contributed by atoms with Crippen LogP contribution in [0.15, 0.2) is 156 Å². The summed E-state index contributed by atoms with van der Waals surface area (Å²) in [5, 5.41) is 5.16. The highest BCUT2D eigenvalue weighted by atomic mass is 32.1. The second-order valence-corrected chi connectivity index (χ2v) is 20.2. The molecule has 0 saturated heterocycles. The van der Waals surface area contributed by atoms with Gasteiger partial charge in [0.05, 0.1) is 11.0 Å². The molecule has 3 aliphatic rings. The van der Waals surface area contributed by atoms with E-state index >= 15 is 0 Å². The molecule has 11 aromatic rings. The van der Waals surface area contributed by atoms with Crippen LogP contribution in [0.5, 0.6) is 0 Å². The third-order valence-electron chi connectivity index (χ3n) is 14.4. The predicted octanol–water partition coefficient (Wildman–Crippen LogP) is 13.8. The molecule has 0 bridgehead atoms. The van der Waals surface area contributed by atoms with E-state index in [0.29, 0.717) is 5.89 Å². The Balaban J connectivity index is 1.14. The van der Waals surface area contributed by atoms with Crippen molar-refractivity contribution in [3.05, 3.63) is 168 Å². The molecule has 0 radical (unpaired) electrons. The quantitative estimate of drug-likeness (QED) is 0.163. The second kappa shape index (κ2) is 11.7. The van der Waals surface area contributed by atoms with Crippen molar-refractivity contribution in [2.24, 2.45) is 0 Å². The van der Waals surface area contributed by atoms with Crippen molar-refractivity contribution in [2.75, 3.05) is 4.81 Å². The van der Waals surface area contributed by atoms with Crippen LogP contribution >= 0.6 is 11.3 Å². The minimum absolute atomic E-state index is 0.0294. The minimum Gasteiger partial charge on any atom is -0.436 e. The van der Waals surface area contributed by atoms with Crippen LogP contribution in [-0.2, 0) is 10.8 Å². The lowest BCUT2D eigenvalue weighted by Crippen LogP contribution is -2.60. The molecular formula is C56H40BN3OS. The van der Waals surface area contributed by atoms with E-state index in [2.05, 4.69) is 177 Å². The summed E-state index contributed by atoms with van der Waals surface area (Å²) in [6, 6.07) is 56.9. The van der Waals surface area contributed by atoms with Crippen LogP contribution in [0.3, 0.4) is 0 Å². The Kier molecular flexibility index (Phi) is 6.58.